The predicted octanol–water partition coefficient (Wildman–Crippen LogP) is 2.47. The predicted molar refractivity (Wildman–Crippen MR) is 77.4 cm³/mol. The first-order chi connectivity index (χ1) is 10.3. The van der Waals surface area contributed by atoms with Crippen molar-refractivity contribution < 1.29 is 13.2 Å². The first-order valence-electron chi connectivity index (χ1n) is 6.56. The zero-order valence-corrected chi connectivity index (χ0v) is 11.7. The molecule has 0 saturated heterocycles. The van der Waals surface area contributed by atoms with Gasteiger partial charge in [-0.2, -0.15) is 0 Å². The van der Waals surface area contributed by atoms with E-state index in [0.717, 1.165) is 0 Å². The Morgan fingerprint density at radius 2 is 2.05 bits per heavy atom. The molecule has 22 heavy (non-hydrogen) atoms. The summed E-state index contributed by atoms with van der Waals surface area (Å²) >= 11 is 0. The van der Waals surface area contributed by atoms with Crippen molar-refractivity contribution in [3.63, 3.8) is 0 Å². The molecule has 1 aromatic heterocycles. The maximum atomic E-state index is 14.1. The Balaban J connectivity index is 2.12. The summed E-state index contributed by atoms with van der Waals surface area (Å²) in [6.07, 6.45) is -1.45. The lowest BCUT2D eigenvalue weighted by molar-refractivity contribution is 0.139. The van der Waals surface area contributed by atoms with Gasteiger partial charge in [-0.25, -0.2) is 18.2 Å². The van der Waals surface area contributed by atoms with E-state index in [1.54, 1.807) is 6.92 Å². The molecule has 0 unspecified atom stereocenters. The third-order valence-electron chi connectivity index (χ3n) is 3.77. The van der Waals surface area contributed by atoms with Crippen LogP contribution in [0.1, 0.15) is 30.4 Å². The summed E-state index contributed by atoms with van der Waals surface area (Å²) in [6, 6.07) is 4.12. The van der Waals surface area contributed by atoms with Gasteiger partial charge in [0, 0.05) is 11.3 Å². The van der Waals surface area contributed by atoms with Crippen LogP contribution in [0.3, 0.4) is 0 Å². The van der Waals surface area contributed by atoms with E-state index in [1.807, 2.05) is 0 Å². The van der Waals surface area contributed by atoms with Crippen molar-refractivity contribution in [2.75, 3.05) is 11.5 Å². The van der Waals surface area contributed by atoms with Gasteiger partial charge in [0.05, 0.1) is 12.8 Å². The van der Waals surface area contributed by atoms with Crippen LogP contribution in [-0.2, 0) is 12.1 Å². The number of imidazole rings is 1. The molecule has 0 aliphatic carbocycles. The Bertz CT molecular complexity index is 768. The number of aromatic nitrogens is 2. The molecule has 3 rings (SSSR count). The molecule has 0 spiro atoms. The van der Waals surface area contributed by atoms with E-state index in [9.17, 15) is 13.2 Å². The van der Waals surface area contributed by atoms with Crippen LogP contribution < -0.4 is 11.5 Å². The lowest BCUT2D eigenvalue weighted by Crippen LogP contribution is -2.32. The molecule has 5 nitrogen and oxygen atoms in total. The van der Waals surface area contributed by atoms with Crippen LogP contribution in [0.2, 0.25) is 0 Å². The molecule has 1 aromatic carbocycles. The molecule has 0 saturated carbocycles. The Morgan fingerprint density at radius 1 is 1.32 bits per heavy atom. The molecule has 1 aliphatic rings. The third-order valence-corrected chi connectivity index (χ3v) is 3.77. The number of hydrogen-bond donors (Lipinski definition) is 2. The van der Waals surface area contributed by atoms with Crippen molar-refractivity contribution in [1.82, 2.24) is 9.55 Å². The summed E-state index contributed by atoms with van der Waals surface area (Å²) < 4.78 is 41.7. The molecule has 1 aliphatic heterocycles. The first kappa shape index (κ1) is 14.4. The van der Waals surface area contributed by atoms with Crippen molar-refractivity contribution in [2.24, 2.45) is 4.99 Å². The summed E-state index contributed by atoms with van der Waals surface area (Å²) in [6.45, 7) is 1.65. The number of aliphatic imine (C=N–C) groups is 1. The van der Waals surface area contributed by atoms with Crippen LogP contribution in [0.25, 0.3) is 0 Å². The van der Waals surface area contributed by atoms with Crippen LogP contribution >= 0.6 is 0 Å². The van der Waals surface area contributed by atoms with Crippen molar-refractivity contribution in [1.29, 1.82) is 0 Å². The van der Waals surface area contributed by atoms with Crippen LogP contribution in [0, 0.1) is 5.82 Å². The number of fused-ring (bicyclic) bond motifs is 1. The molecule has 0 fully saturated rings. The normalized spacial score (nSPS) is 20.4. The SMILES string of the molecule is C[C@@]1(c2cc(N)ccc2F)Cn2c(nc(N)c2C(F)F)C=N1. The van der Waals surface area contributed by atoms with Gasteiger partial charge in [-0.15, -0.1) is 0 Å². The van der Waals surface area contributed by atoms with Gasteiger partial charge in [0.2, 0.25) is 0 Å². The standard InChI is InChI=1S/C14H14F3N5/c1-14(8-4-7(18)2-3-9(8)15)6-22-10(5-20-14)21-13(19)11(22)12(16)17/h2-5,12H,6,18-19H2,1H3/t14-/m0/s1. The number of nitrogen functional groups attached to an aromatic ring is 2. The molecule has 8 heteroatoms. The summed E-state index contributed by atoms with van der Waals surface area (Å²) in [5.41, 5.74) is 10.4. The van der Waals surface area contributed by atoms with Gasteiger partial charge >= 0.3 is 0 Å². The first-order valence-corrected chi connectivity index (χ1v) is 6.56. The van der Waals surface area contributed by atoms with Gasteiger partial charge in [0.25, 0.3) is 6.43 Å². The number of benzene rings is 1. The Labute approximate surface area is 124 Å². The fourth-order valence-electron chi connectivity index (χ4n) is 2.66. The van der Waals surface area contributed by atoms with Crippen LogP contribution in [0.15, 0.2) is 23.2 Å². The molecule has 0 bridgehead atoms. The van der Waals surface area contributed by atoms with Crippen molar-refractivity contribution in [3.05, 3.63) is 41.1 Å². The lowest BCUT2D eigenvalue weighted by Gasteiger charge is -2.31. The van der Waals surface area contributed by atoms with Crippen molar-refractivity contribution >= 4 is 17.7 Å². The highest BCUT2D eigenvalue weighted by molar-refractivity contribution is 5.78. The quantitative estimate of drug-likeness (QED) is 0.836. The van der Waals surface area contributed by atoms with Gasteiger partial charge in [-0.3, -0.25) is 4.99 Å². The summed E-state index contributed by atoms with van der Waals surface area (Å²) in [5, 5.41) is 0. The van der Waals surface area contributed by atoms with E-state index in [2.05, 4.69) is 9.98 Å². The summed E-state index contributed by atoms with van der Waals surface area (Å²) in [7, 11) is 0. The molecule has 4 N–H and O–H groups in total. The topological polar surface area (TPSA) is 82.2 Å². The van der Waals surface area contributed by atoms with Crippen molar-refractivity contribution in [3.8, 4) is 0 Å². The molecule has 116 valence electrons. The Morgan fingerprint density at radius 3 is 2.73 bits per heavy atom. The van der Waals surface area contributed by atoms with Gasteiger partial charge < -0.3 is 16.0 Å². The minimum absolute atomic E-state index is 0.00306. The highest BCUT2D eigenvalue weighted by atomic mass is 19.3. The molecule has 2 heterocycles. The number of nitrogens with two attached hydrogens (primary N) is 2. The zero-order chi connectivity index (χ0) is 16.1. The molecule has 0 radical (unpaired) electrons. The van der Waals surface area contributed by atoms with Gasteiger partial charge in [-0.1, -0.05) is 0 Å². The number of nitrogens with zero attached hydrogens (tertiary/aromatic N) is 3. The van der Waals surface area contributed by atoms with Crippen molar-refractivity contribution in [2.45, 2.75) is 25.4 Å². The average molecular weight is 309 g/mol. The largest absolute Gasteiger partial charge is 0.399 e. The fraction of sp³-hybridized carbons (Fsp3) is 0.286. The third kappa shape index (κ3) is 2.11. The van der Waals surface area contributed by atoms with Crippen LogP contribution in [0.5, 0.6) is 0 Å². The molecule has 1 atom stereocenters. The zero-order valence-electron chi connectivity index (χ0n) is 11.7. The van der Waals surface area contributed by atoms with E-state index in [0.29, 0.717) is 5.69 Å². The van der Waals surface area contributed by atoms with E-state index in [1.165, 1.54) is 29.0 Å². The fourth-order valence-corrected chi connectivity index (χ4v) is 2.66. The number of hydrogen-bond acceptors (Lipinski definition) is 4. The average Bonchev–Trinajstić information content (AvgIpc) is 2.76. The molecular weight excluding hydrogens is 295 g/mol. The number of halogens is 3. The van der Waals surface area contributed by atoms with Gasteiger partial charge in [0.1, 0.15) is 17.1 Å². The Kier molecular flexibility index (Phi) is 3.12. The monoisotopic (exact) mass is 309 g/mol. The van der Waals surface area contributed by atoms with E-state index >= 15 is 0 Å². The maximum absolute atomic E-state index is 14.1. The number of anilines is 2. The second-order valence-electron chi connectivity index (χ2n) is 5.40. The molecule has 2 aromatic rings. The van der Waals surface area contributed by atoms with Gasteiger partial charge in [-0.05, 0) is 25.1 Å². The molecule has 0 amide bonds. The minimum Gasteiger partial charge on any atom is -0.399 e. The maximum Gasteiger partial charge on any atom is 0.282 e. The second-order valence-corrected chi connectivity index (χ2v) is 5.40. The Hall–Kier alpha value is -2.51. The highest BCUT2D eigenvalue weighted by Crippen LogP contribution is 2.36. The van der Waals surface area contributed by atoms with E-state index in [4.69, 9.17) is 11.5 Å². The van der Waals surface area contributed by atoms with E-state index < -0.39 is 17.8 Å². The molecular formula is C14H14F3N5. The van der Waals surface area contributed by atoms with Crippen LogP contribution in [0.4, 0.5) is 24.7 Å². The summed E-state index contributed by atoms with van der Waals surface area (Å²) in [4.78, 5) is 8.15. The second kappa shape index (κ2) is 4.75. The lowest BCUT2D eigenvalue weighted by atomic mass is 9.90. The smallest absolute Gasteiger partial charge is 0.282 e. The van der Waals surface area contributed by atoms with Crippen LogP contribution in [-0.4, -0.2) is 15.8 Å². The van der Waals surface area contributed by atoms with E-state index in [-0.39, 0.29) is 29.4 Å². The summed E-state index contributed by atoms with van der Waals surface area (Å²) in [5.74, 6) is -0.507. The number of alkyl halides is 2. The highest BCUT2D eigenvalue weighted by Gasteiger charge is 2.36. The number of rotatable bonds is 2. The van der Waals surface area contributed by atoms with Gasteiger partial charge in [0.15, 0.2) is 11.6 Å². The minimum atomic E-state index is -2.78.